The minimum atomic E-state index is -0.448. The van der Waals surface area contributed by atoms with Gasteiger partial charge in [-0.15, -0.1) is 0 Å². The molecular formula is C13H8FNO3. The van der Waals surface area contributed by atoms with Gasteiger partial charge < -0.3 is 9.47 Å². The van der Waals surface area contributed by atoms with Gasteiger partial charge in [0.05, 0.1) is 6.20 Å². The summed E-state index contributed by atoms with van der Waals surface area (Å²) >= 11 is 0. The molecule has 1 aliphatic rings. The van der Waals surface area contributed by atoms with Crippen LogP contribution in [0, 0.1) is 5.82 Å². The molecule has 5 heteroatoms. The molecule has 2 heterocycles. The maximum absolute atomic E-state index is 13.2. The van der Waals surface area contributed by atoms with E-state index < -0.39 is 5.82 Å². The molecule has 0 radical (unpaired) electrons. The van der Waals surface area contributed by atoms with E-state index >= 15 is 0 Å². The standard InChI is InChI=1S/C13H8FNO3/c14-10-3-9(4-15-5-10)11-1-8(6-16)2-12-13(11)18-7-17-12/h1-6H,7H2. The summed E-state index contributed by atoms with van der Waals surface area (Å²) in [5.41, 5.74) is 1.58. The van der Waals surface area contributed by atoms with Crippen molar-refractivity contribution in [2.45, 2.75) is 0 Å². The van der Waals surface area contributed by atoms with E-state index in [0.717, 1.165) is 6.20 Å². The first-order chi connectivity index (χ1) is 8.78. The van der Waals surface area contributed by atoms with Crippen LogP contribution in [0.5, 0.6) is 11.5 Å². The molecule has 0 unspecified atom stereocenters. The summed E-state index contributed by atoms with van der Waals surface area (Å²) in [5, 5.41) is 0. The Bertz CT molecular complexity index is 628. The number of nitrogens with zero attached hydrogens (tertiary/aromatic N) is 1. The van der Waals surface area contributed by atoms with Crippen molar-refractivity contribution in [1.82, 2.24) is 4.98 Å². The normalized spacial score (nSPS) is 12.5. The number of aromatic nitrogens is 1. The van der Waals surface area contributed by atoms with Crippen molar-refractivity contribution in [3.63, 3.8) is 0 Å². The zero-order chi connectivity index (χ0) is 12.5. The van der Waals surface area contributed by atoms with Gasteiger partial charge in [-0.2, -0.15) is 0 Å². The second-order valence-electron chi connectivity index (χ2n) is 3.81. The van der Waals surface area contributed by atoms with Crippen LogP contribution in [0.15, 0.2) is 30.6 Å². The molecule has 0 fully saturated rings. The highest BCUT2D eigenvalue weighted by molar-refractivity contribution is 5.84. The number of carbonyl (C=O) groups is 1. The Morgan fingerprint density at radius 1 is 1.22 bits per heavy atom. The van der Waals surface area contributed by atoms with Crippen molar-refractivity contribution in [2.24, 2.45) is 0 Å². The zero-order valence-corrected chi connectivity index (χ0v) is 9.22. The van der Waals surface area contributed by atoms with Crippen LogP contribution in [0.3, 0.4) is 0 Å². The van der Waals surface area contributed by atoms with Gasteiger partial charge in [0.2, 0.25) is 6.79 Å². The number of halogens is 1. The molecule has 0 N–H and O–H groups in total. The Morgan fingerprint density at radius 3 is 2.89 bits per heavy atom. The maximum atomic E-state index is 13.2. The molecule has 0 bridgehead atoms. The number of rotatable bonds is 2. The van der Waals surface area contributed by atoms with Crippen molar-refractivity contribution < 1.29 is 18.7 Å². The van der Waals surface area contributed by atoms with E-state index in [2.05, 4.69) is 4.98 Å². The number of hydrogen-bond donors (Lipinski definition) is 0. The summed E-state index contributed by atoms with van der Waals surface area (Å²) in [7, 11) is 0. The van der Waals surface area contributed by atoms with Crippen molar-refractivity contribution in [2.75, 3.05) is 6.79 Å². The Morgan fingerprint density at radius 2 is 2.11 bits per heavy atom. The fraction of sp³-hybridized carbons (Fsp3) is 0.0769. The average molecular weight is 245 g/mol. The smallest absolute Gasteiger partial charge is 0.231 e. The van der Waals surface area contributed by atoms with Crippen LogP contribution in [0.1, 0.15) is 10.4 Å². The first-order valence-corrected chi connectivity index (χ1v) is 5.27. The van der Waals surface area contributed by atoms with E-state index in [1.54, 1.807) is 12.1 Å². The summed E-state index contributed by atoms with van der Waals surface area (Å²) in [6.07, 6.45) is 3.33. The molecule has 0 amide bonds. The molecule has 0 atom stereocenters. The van der Waals surface area contributed by atoms with E-state index in [1.807, 2.05) is 0 Å². The molecule has 0 aliphatic carbocycles. The molecule has 1 aromatic heterocycles. The van der Waals surface area contributed by atoms with E-state index in [9.17, 15) is 9.18 Å². The zero-order valence-electron chi connectivity index (χ0n) is 9.22. The van der Waals surface area contributed by atoms with E-state index in [-0.39, 0.29) is 6.79 Å². The number of carbonyl (C=O) groups excluding carboxylic acids is 1. The van der Waals surface area contributed by atoms with Crippen molar-refractivity contribution in [1.29, 1.82) is 0 Å². The highest BCUT2D eigenvalue weighted by Gasteiger charge is 2.20. The van der Waals surface area contributed by atoms with Gasteiger partial charge >= 0.3 is 0 Å². The third-order valence-electron chi connectivity index (χ3n) is 2.65. The summed E-state index contributed by atoms with van der Waals surface area (Å²) in [6, 6.07) is 4.54. The Kier molecular flexibility index (Phi) is 2.44. The SMILES string of the molecule is O=Cc1cc2c(c(-c3cncc(F)c3)c1)OCO2. The number of pyridine rings is 1. The van der Waals surface area contributed by atoms with E-state index in [4.69, 9.17) is 9.47 Å². The molecule has 2 aromatic rings. The first kappa shape index (κ1) is 10.7. The third-order valence-corrected chi connectivity index (χ3v) is 2.65. The van der Waals surface area contributed by atoms with Crippen LogP contribution >= 0.6 is 0 Å². The topological polar surface area (TPSA) is 48.4 Å². The van der Waals surface area contributed by atoms with Crippen LogP contribution in [-0.4, -0.2) is 18.1 Å². The molecule has 0 saturated heterocycles. The molecule has 18 heavy (non-hydrogen) atoms. The number of benzene rings is 1. The molecule has 1 aromatic carbocycles. The average Bonchev–Trinajstić information content (AvgIpc) is 2.85. The molecule has 1 aliphatic heterocycles. The van der Waals surface area contributed by atoms with Gasteiger partial charge in [-0.1, -0.05) is 0 Å². The fourth-order valence-corrected chi connectivity index (χ4v) is 1.87. The largest absolute Gasteiger partial charge is 0.454 e. The second kappa shape index (κ2) is 4.10. The monoisotopic (exact) mass is 245 g/mol. The van der Waals surface area contributed by atoms with Crippen molar-refractivity contribution >= 4 is 6.29 Å². The Balaban J connectivity index is 2.22. The molecule has 3 rings (SSSR count). The van der Waals surface area contributed by atoms with Crippen LogP contribution in [0.25, 0.3) is 11.1 Å². The lowest BCUT2D eigenvalue weighted by atomic mass is 10.0. The van der Waals surface area contributed by atoms with Gasteiger partial charge in [-0.3, -0.25) is 9.78 Å². The first-order valence-electron chi connectivity index (χ1n) is 5.27. The van der Waals surface area contributed by atoms with Gasteiger partial charge in [0, 0.05) is 22.9 Å². The summed E-state index contributed by atoms with van der Waals surface area (Å²) in [4.78, 5) is 14.7. The van der Waals surface area contributed by atoms with Gasteiger partial charge in [0.15, 0.2) is 11.5 Å². The van der Waals surface area contributed by atoms with Crippen molar-refractivity contribution in [3.05, 3.63) is 42.0 Å². The minimum Gasteiger partial charge on any atom is -0.454 e. The second-order valence-corrected chi connectivity index (χ2v) is 3.81. The van der Waals surface area contributed by atoms with Gasteiger partial charge in [0.25, 0.3) is 0 Å². The number of aldehydes is 1. The summed E-state index contributed by atoms with van der Waals surface area (Å²) < 4.78 is 23.8. The predicted molar refractivity (Wildman–Crippen MR) is 61.1 cm³/mol. The lowest BCUT2D eigenvalue weighted by molar-refractivity contribution is 0.112. The van der Waals surface area contributed by atoms with E-state index in [1.165, 1.54) is 12.3 Å². The molecule has 90 valence electrons. The number of fused-ring (bicyclic) bond motifs is 1. The Labute approximate surface area is 102 Å². The van der Waals surface area contributed by atoms with Crippen LogP contribution in [0.2, 0.25) is 0 Å². The number of hydrogen-bond acceptors (Lipinski definition) is 4. The quantitative estimate of drug-likeness (QED) is 0.762. The summed E-state index contributed by atoms with van der Waals surface area (Å²) in [5.74, 6) is 0.545. The van der Waals surface area contributed by atoms with E-state index in [0.29, 0.717) is 34.5 Å². The highest BCUT2D eigenvalue weighted by Crippen LogP contribution is 2.42. The molecule has 0 spiro atoms. The fourth-order valence-electron chi connectivity index (χ4n) is 1.87. The van der Waals surface area contributed by atoms with Crippen molar-refractivity contribution in [3.8, 4) is 22.6 Å². The molecule has 4 nitrogen and oxygen atoms in total. The lowest BCUT2D eigenvalue weighted by Crippen LogP contribution is -1.93. The molecule has 0 saturated carbocycles. The number of ether oxygens (including phenoxy) is 2. The van der Waals surface area contributed by atoms with Gasteiger partial charge in [-0.05, 0) is 18.2 Å². The van der Waals surface area contributed by atoms with Crippen LogP contribution < -0.4 is 9.47 Å². The highest BCUT2D eigenvalue weighted by atomic mass is 19.1. The summed E-state index contributed by atoms with van der Waals surface area (Å²) in [6.45, 7) is 0.0907. The van der Waals surface area contributed by atoms with Crippen LogP contribution in [-0.2, 0) is 0 Å². The lowest BCUT2D eigenvalue weighted by Gasteiger charge is -2.06. The third kappa shape index (κ3) is 1.69. The van der Waals surface area contributed by atoms with Gasteiger partial charge in [-0.25, -0.2) is 4.39 Å². The van der Waals surface area contributed by atoms with Crippen LogP contribution in [0.4, 0.5) is 4.39 Å². The van der Waals surface area contributed by atoms with Gasteiger partial charge in [0.1, 0.15) is 12.1 Å². The maximum Gasteiger partial charge on any atom is 0.231 e. The Hall–Kier alpha value is -2.43. The molecular weight excluding hydrogens is 237 g/mol. The predicted octanol–water partition coefficient (Wildman–Crippen LogP) is 2.43. The minimum absolute atomic E-state index is 0.0907.